The fraction of sp³-hybridized carbons (Fsp3) is 0.500. The van der Waals surface area contributed by atoms with E-state index in [1.807, 2.05) is 10.6 Å². The van der Waals surface area contributed by atoms with Crippen LogP contribution in [0.4, 0.5) is 4.39 Å². The fourth-order valence-electron chi connectivity index (χ4n) is 3.49. The number of hydrogen-bond donors (Lipinski definition) is 2. The van der Waals surface area contributed by atoms with Crippen molar-refractivity contribution in [3.63, 3.8) is 0 Å². The highest BCUT2D eigenvalue weighted by atomic mass is 32.1. The topological polar surface area (TPSA) is 38.0 Å². The van der Waals surface area contributed by atoms with Crippen molar-refractivity contribution in [3.8, 4) is 11.3 Å². The largest absolute Gasteiger partial charge is 0.393 e. The summed E-state index contributed by atoms with van der Waals surface area (Å²) in [7, 11) is 0. The number of fused-ring (bicyclic) bond motifs is 3. The van der Waals surface area contributed by atoms with Crippen molar-refractivity contribution >= 4 is 12.6 Å². The van der Waals surface area contributed by atoms with Crippen LogP contribution in [0, 0.1) is 5.82 Å². The zero-order valence-electron chi connectivity index (χ0n) is 13.2. The van der Waals surface area contributed by atoms with E-state index < -0.39 is 0 Å². The lowest BCUT2D eigenvalue weighted by molar-refractivity contribution is 0.130. The summed E-state index contributed by atoms with van der Waals surface area (Å²) < 4.78 is 15.9. The molecule has 3 nitrogen and oxygen atoms in total. The third-order valence-corrected chi connectivity index (χ3v) is 4.90. The molecule has 2 aliphatic rings. The van der Waals surface area contributed by atoms with E-state index in [-0.39, 0.29) is 18.0 Å². The molecule has 1 unspecified atom stereocenters. The minimum atomic E-state index is -0.131. The Labute approximate surface area is 142 Å². The zero-order chi connectivity index (χ0) is 16.2. The molecule has 2 aromatic rings. The molecular weight excluding hydrogens is 311 g/mol. The summed E-state index contributed by atoms with van der Waals surface area (Å²) in [6.07, 6.45) is 10.3. The van der Waals surface area contributed by atoms with E-state index in [0.717, 1.165) is 41.8 Å². The Hall–Kier alpha value is -1.33. The van der Waals surface area contributed by atoms with Gasteiger partial charge < -0.3 is 9.67 Å². The van der Waals surface area contributed by atoms with Gasteiger partial charge in [0.15, 0.2) is 0 Å². The lowest BCUT2D eigenvalue weighted by Gasteiger charge is -2.14. The maximum atomic E-state index is 13.8. The van der Waals surface area contributed by atoms with Gasteiger partial charge in [-0.3, -0.25) is 0 Å². The molecule has 1 saturated carbocycles. The number of benzene rings is 1. The Bertz CT molecular complexity index is 652. The van der Waals surface area contributed by atoms with Gasteiger partial charge in [-0.05, 0) is 31.1 Å². The van der Waals surface area contributed by atoms with Gasteiger partial charge in [0.1, 0.15) is 5.82 Å². The van der Waals surface area contributed by atoms with E-state index in [9.17, 15) is 4.39 Å². The molecule has 1 N–H and O–H groups in total. The molecule has 1 aliphatic carbocycles. The molecular formula is C18H23FN2OS. The molecule has 124 valence electrons. The van der Waals surface area contributed by atoms with E-state index >= 15 is 0 Å². The van der Waals surface area contributed by atoms with Crippen LogP contribution in [0.2, 0.25) is 0 Å². The van der Waals surface area contributed by atoms with Crippen LogP contribution >= 0.6 is 12.6 Å². The van der Waals surface area contributed by atoms with E-state index in [1.54, 1.807) is 18.6 Å². The minimum Gasteiger partial charge on any atom is -0.393 e. The predicted octanol–water partition coefficient (Wildman–Crippen LogP) is 4.22. The molecule has 1 fully saturated rings. The Morgan fingerprint density at radius 2 is 2.04 bits per heavy atom. The summed E-state index contributed by atoms with van der Waals surface area (Å²) in [5.41, 5.74) is 2.75. The normalized spacial score (nSPS) is 19.7. The lowest BCUT2D eigenvalue weighted by Crippen LogP contribution is -2.09. The number of thiol groups is 1. The second-order valence-corrected chi connectivity index (χ2v) is 6.65. The van der Waals surface area contributed by atoms with Crippen LogP contribution in [0.1, 0.15) is 50.1 Å². The van der Waals surface area contributed by atoms with Gasteiger partial charge in [-0.25, -0.2) is 9.37 Å². The molecule has 0 amide bonds. The first-order chi connectivity index (χ1) is 11.2. The molecule has 0 radical (unpaired) electrons. The Kier molecular flexibility index (Phi) is 5.38. The van der Waals surface area contributed by atoms with Gasteiger partial charge in [0, 0.05) is 11.1 Å². The molecule has 1 aromatic heterocycles. The van der Waals surface area contributed by atoms with Crippen molar-refractivity contribution in [2.75, 3.05) is 5.75 Å². The second-order valence-electron chi connectivity index (χ2n) is 6.21. The summed E-state index contributed by atoms with van der Waals surface area (Å²) in [6, 6.07) is 5.26. The Morgan fingerprint density at radius 3 is 2.70 bits per heavy atom. The Balaban J connectivity index is 0.000000188. The van der Waals surface area contributed by atoms with Crippen LogP contribution in [-0.4, -0.2) is 26.5 Å². The predicted molar refractivity (Wildman–Crippen MR) is 93.3 cm³/mol. The number of hydrogen-bond acceptors (Lipinski definition) is 3. The fourth-order valence-corrected chi connectivity index (χ4v) is 3.73. The first kappa shape index (κ1) is 16.5. The van der Waals surface area contributed by atoms with Gasteiger partial charge in [0.05, 0.1) is 30.4 Å². The SMILES string of the molecule is Fc1cccc2c1C(CCS)n1cncc1-2.OC1CCCCC1. The monoisotopic (exact) mass is 334 g/mol. The van der Waals surface area contributed by atoms with Gasteiger partial charge >= 0.3 is 0 Å². The molecule has 1 aliphatic heterocycles. The Morgan fingerprint density at radius 1 is 1.26 bits per heavy atom. The number of rotatable bonds is 2. The molecule has 0 saturated heterocycles. The van der Waals surface area contributed by atoms with Gasteiger partial charge in [0.2, 0.25) is 0 Å². The van der Waals surface area contributed by atoms with Gasteiger partial charge in [0.25, 0.3) is 0 Å². The molecule has 2 heterocycles. The van der Waals surface area contributed by atoms with Crippen LogP contribution in [-0.2, 0) is 0 Å². The lowest BCUT2D eigenvalue weighted by atomic mass is 9.98. The molecule has 5 heteroatoms. The second kappa shape index (κ2) is 7.49. The van der Waals surface area contributed by atoms with Crippen molar-refractivity contribution in [2.45, 2.75) is 50.7 Å². The molecule has 23 heavy (non-hydrogen) atoms. The van der Waals surface area contributed by atoms with Gasteiger partial charge in [-0.15, -0.1) is 0 Å². The molecule has 1 atom stereocenters. The molecule has 0 spiro atoms. The van der Waals surface area contributed by atoms with Crippen LogP contribution in [0.25, 0.3) is 11.3 Å². The molecule has 0 bridgehead atoms. The first-order valence-corrected chi connectivity index (χ1v) is 8.95. The van der Waals surface area contributed by atoms with Crippen molar-refractivity contribution < 1.29 is 9.50 Å². The highest BCUT2D eigenvalue weighted by Gasteiger charge is 2.30. The van der Waals surface area contributed by atoms with Crippen molar-refractivity contribution in [1.82, 2.24) is 9.55 Å². The summed E-state index contributed by atoms with van der Waals surface area (Å²) in [5.74, 6) is 0.601. The summed E-state index contributed by atoms with van der Waals surface area (Å²) in [6.45, 7) is 0. The summed E-state index contributed by atoms with van der Waals surface area (Å²) in [5, 5.41) is 8.91. The van der Waals surface area contributed by atoms with E-state index in [0.29, 0.717) is 0 Å². The highest BCUT2D eigenvalue weighted by molar-refractivity contribution is 7.80. The molecule has 4 rings (SSSR count). The van der Waals surface area contributed by atoms with Crippen molar-refractivity contribution in [2.24, 2.45) is 0 Å². The van der Waals surface area contributed by atoms with Crippen LogP contribution in [0.15, 0.2) is 30.7 Å². The minimum absolute atomic E-state index is 0.0359. The van der Waals surface area contributed by atoms with E-state index in [4.69, 9.17) is 5.11 Å². The third kappa shape index (κ3) is 3.45. The molecule has 1 aromatic carbocycles. The summed E-state index contributed by atoms with van der Waals surface area (Å²) in [4.78, 5) is 4.12. The highest BCUT2D eigenvalue weighted by Crippen LogP contribution is 2.42. The van der Waals surface area contributed by atoms with Crippen molar-refractivity contribution in [3.05, 3.63) is 42.1 Å². The maximum absolute atomic E-state index is 13.8. The number of halogens is 1. The van der Waals surface area contributed by atoms with Crippen LogP contribution < -0.4 is 0 Å². The quantitative estimate of drug-likeness (QED) is 0.807. The van der Waals surface area contributed by atoms with Crippen LogP contribution in [0.5, 0.6) is 0 Å². The maximum Gasteiger partial charge on any atom is 0.129 e. The number of aromatic nitrogens is 2. The van der Waals surface area contributed by atoms with E-state index in [2.05, 4.69) is 17.6 Å². The van der Waals surface area contributed by atoms with Crippen LogP contribution in [0.3, 0.4) is 0 Å². The van der Waals surface area contributed by atoms with Crippen molar-refractivity contribution in [1.29, 1.82) is 0 Å². The first-order valence-electron chi connectivity index (χ1n) is 8.32. The average Bonchev–Trinajstić information content (AvgIpc) is 3.13. The standard InChI is InChI=1S/C12H11FN2S.C6H12O/c13-9-3-1-2-8-11-6-14-7-15(11)10(4-5-16)12(8)9;7-6-4-2-1-3-5-6/h1-3,6-7,10,16H,4-5H2;6-7H,1-5H2. The number of aliphatic hydroxyl groups is 1. The third-order valence-electron chi connectivity index (χ3n) is 4.64. The number of aliphatic hydroxyl groups excluding tert-OH is 1. The smallest absolute Gasteiger partial charge is 0.129 e. The average molecular weight is 334 g/mol. The summed E-state index contributed by atoms with van der Waals surface area (Å²) >= 11 is 4.24. The number of nitrogens with zero attached hydrogens (tertiary/aromatic N) is 2. The zero-order valence-corrected chi connectivity index (χ0v) is 14.1. The number of imidazole rings is 1. The van der Waals surface area contributed by atoms with Gasteiger partial charge in [-0.1, -0.05) is 31.4 Å². The van der Waals surface area contributed by atoms with Gasteiger partial charge in [-0.2, -0.15) is 12.6 Å². The van der Waals surface area contributed by atoms with E-state index in [1.165, 1.54) is 25.3 Å².